The third kappa shape index (κ3) is 9.90. The fourth-order valence-corrected chi connectivity index (χ4v) is 5.50. The summed E-state index contributed by atoms with van der Waals surface area (Å²) in [7, 11) is 7.41. The Bertz CT molecular complexity index is 854. The van der Waals surface area contributed by atoms with Gasteiger partial charge >= 0.3 is 12.4 Å². The van der Waals surface area contributed by atoms with Crippen molar-refractivity contribution >= 4 is 9.24 Å². The van der Waals surface area contributed by atoms with Crippen molar-refractivity contribution < 1.29 is 26.3 Å². The van der Waals surface area contributed by atoms with Crippen LogP contribution >= 0.6 is 9.24 Å². The van der Waals surface area contributed by atoms with Gasteiger partial charge in [0.05, 0.1) is 11.1 Å². The summed E-state index contributed by atoms with van der Waals surface area (Å²) in [4.78, 5) is 2.35. The van der Waals surface area contributed by atoms with Crippen LogP contribution in [-0.4, -0.2) is 30.7 Å². The molecule has 0 heterocycles. The minimum absolute atomic E-state index is 0.423. The van der Waals surface area contributed by atoms with Gasteiger partial charge < -0.3 is 4.90 Å². The second kappa shape index (κ2) is 14.0. The molecule has 2 aliphatic rings. The summed E-state index contributed by atoms with van der Waals surface area (Å²) in [6.07, 6.45) is 1.46. The second-order valence-electron chi connectivity index (χ2n) is 10.4. The van der Waals surface area contributed by atoms with Crippen molar-refractivity contribution in [1.29, 1.82) is 0 Å². The lowest BCUT2D eigenvalue weighted by Gasteiger charge is -2.29. The van der Waals surface area contributed by atoms with E-state index in [1.165, 1.54) is 69.2 Å². The first-order valence-electron chi connectivity index (χ1n) is 13.0. The molecule has 2 saturated carbocycles. The molecule has 37 heavy (non-hydrogen) atoms. The molecule has 2 aromatic carbocycles. The van der Waals surface area contributed by atoms with Crippen LogP contribution in [0.15, 0.2) is 48.5 Å². The zero-order valence-corrected chi connectivity index (χ0v) is 23.3. The number of halogens is 6. The molecule has 0 spiro atoms. The molecule has 8 heteroatoms. The molecule has 0 saturated heterocycles. The molecular formula is C29H40F6NP. The van der Waals surface area contributed by atoms with Crippen molar-refractivity contribution in [1.82, 2.24) is 4.90 Å². The molecule has 0 radical (unpaired) electrons. The van der Waals surface area contributed by atoms with Gasteiger partial charge in [-0.25, -0.2) is 0 Å². The lowest BCUT2D eigenvalue weighted by Crippen LogP contribution is -2.35. The smallest absolute Gasteiger partial charge is 0.306 e. The number of nitrogens with zero attached hydrogens (tertiary/aromatic N) is 1. The van der Waals surface area contributed by atoms with Gasteiger partial charge in [0.2, 0.25) is 0 Å². The quantitative estimate of drug-likeness (QED) is 0.273. The van der Waals surface area contributed by atoms with Gasteiger partial charge in [0.15, 0.2) is 0 Å². The second-order valence-corrected chi connectivity index (χ2v) is 11.2. The van der Waals surface area contributed by atoms with Crippen LogP contribution in [0, 0.1) is 11.8 Å². The van der Waals surface area contributed by atoms with E-state index in [1.54, 1.807) is 0 Å². The molecule has 4 rings (SSSR count). The van der Waals surface area contributed by atoms with E-state index in [0.29, 0.717) is 11.1 Å². The Morgan fingerprint density at radius 1 is 0.703 bits per heavy atom. The van der Waals surface area contributed by atoms with Crippen molar-refractivity contribution in [3.05, 3.63) is 59.7 Å². The molecule has 1 nitrogen and oxygen atoms in total. The highest BCUT2D eigenvalue weighted by atomic mass is 31.0. The molecule has 208 valence electrons. The third-order valence-corrected chi connectivity index (χ3v) is 8.70. The number of hydrogen-bond acceptors (Lipinski definition) is 1. The van der Waals surface area contributed by atoms with E-state index >= 15 is 0 Å². The minimum Gasteiger partial charge on any atom is -0.306 e. The largest absolute Gasteiger partial charge is 0.416 e. The third-order valence-electron chi connectivity index (χ3n) is 7.55. The van der Waals surface area contributed by atoms with Crippen molar-refractivity contribution in [3.63, 3.8) is 0 Å². The van der Waals surface area contributed by atoms with Gasteiger partial charge in [0, 0.05) is 6.04 Å². The van der Waals surface area contributed by atoms with Crippen LogP contribution in [0.1, 0.15) is 69.9 Å². The summed E-state index contributed by atoms with van der Waals surface area (Å²) >= 11 is 0. The van der Waals surface area contributed by atoms with Crippen molar-refractivity contribution in [2.24, 2.45) is 11.8 Å². The number of alkyl halides is 6. The van der Waals surface area contributed by atoms with E-state index in [0.717, 1.165) is 47.8 Å². The summed E-state index contributed by atoms with van der Waals surface area (Å²) in [5.74, 6) is 1.79. The highest BCUT2D eigenvalue weighted by Crippen LogP contribution is 2.39. The fourth-order valence-electron chi connectivity index (χ4n) is 4.80. The molecule has 5 atom stereocenters. The van der Waals surface area contributed by atoms with Crippen LogP contribution in [0.2, 0.25) is 0 Å². The van der Waals surface area contributed by atoms with E-state index in [-0.39, 0.29) is 0 Å². The number of hydrogen-bond donors (Lipinski definition) is 0. The van der Waals surface area contributed by atoms with E-state index in [1.807, 2.05) is 0 Å². The van der Waals surface area contributed by atoms with Crippen LogP contribution in [0.5, 0.6) is 0 Å². The maximum absolute atomic E-state index is 12.4. The maximum atomic E-state index is 12.4. The van der Waals surface area contributed by atoms with Crippen LogP contribution < -0.4 is 0 Å². The van der Waals surface area contributed by atoms with E-state index in [9.17, 15) is 26.3 Å². The van der Waals surface area contributed by atoms with Crippen LogP contribution in [0.4, 0.5) is 26.3 Å². The molecule has 4 unspecified atom stereocenters. The van der Waals surface area contributed by atoms with Gasteiger partial charge in [-0.2, -0.15) is 26.3 Å². The van der Waals surface area contributed by atoms with Gasteiger partial charge in [-0.1, -0.05) is 63.3 Å². The Morgan fingerprint density at radius 3 is 1.30 bits per heavy atom. The Balaban J connectivity index is 0.000000237. The lowest BCUT2D eigenvalue weighted by atomic mass is 9.97. The molecule has 0 aliphatic heterocycles. The van der Waals surface area contributed by atoms with E-state index in [4.69, 9.17) is 0 Å². The standard InChI is InChI=1S/C14H8F6.C10H22NP.C5H10/c15-13(16,17)11-5-1-9(2-6-11)10-3-7-12(8-4-10)14(18,19)20;1-7-5-6-9(10(7)12)8(2)11(3)4;1-2-4-5-3-1/h1-8H;7-10H,5-6,12H2,1-4H3;1-5H2/t;7?,8-,9?,10?;/m.1./s1. The molecule has 2 fully saturated rings. The molecule has 0 bridgehead atoms. The van der Waals surface area contributed by atoms with Crippen molar-refractivity contribution in [2.75, 3.05) is 14.1 Å². The topological polar surface area (TPSA) is 3.24 Å². The summed E-state index contributed by atoms with van der Waals surface area (Å²) in [6, 6.07) is 9.23. The fraction of sp³-hybridized carbons (Fsp3) is 0.586. The number of benzene rings is 2. The first-order chi connectivity index (χ1) is 17.2. The Hall–Kier alpha value is -1.59. The van der Waals surface area contributed by atoms with Gasteiger partial charge in [0.25, 0.3) is 0 Å². The summed E-state index contributed by atoms with van der Waals surface area (Å²) in [5, 5.41) is 0. The van der Waals surface area contributed by atoms with Gasteiger partial charge in [-0.05, 0) is 86.7 Å². The Kier molecular flexibility index (Phi) is 12.0. The van der Waals surface area contributed by atoms with Crippen LogP contribution in [0.3, 0.4) is 0 Å². The average molecular weight is 548 g/mol. The minimum atomic E-state index is -4.43. The molecule has 0 N–H and O–H groups in total. The van der Waals surface area contributed by atoms with Crippen LogP contribution in [-0.2, 0) is 12.4 Å². The highest BCUT2D eigenvalue weighted by molar-refractivity contribution is 7.17. The highest BCUT2D eigenvalue weighted by Gasteiger charge is 2.34. The normalized spacial score (nSPS) is 22.6. The van der Waals surface area contributed by atoms with E-state index in [2.05, 4.69) is 42.1 Å². The van der Waals surface area contributed by atoms with Gasteiger partial charge in [-0.3, -0.25) is 0 Å². The van der Waals surface area contributed by atoms with Gasteiger partial charge in [-0.15, -0.1) is 9.24 Å². The first-order valence-corrected chi connectivity index (χ1v) is 13.7. The van der Waals surface area contributed by atoms with Crippen molar-refractivity contribution in [2.45, 2.75) is 82.8 Å². The maximum Gasteiger partial charge on any atom is 0.416 e. The average Bonchev–Trinajstić information content (AvgIpc) is 3.53. The van der Waals surface area contributed by atoms with Crippen LogP contribution in [0.25, 0.3) is 11.1 Å². The van der Waals surface area contributed by atoms with E-state index < -0.39 is 23.5 Å². The Morgan fingerprint density at radius 2 is 1.05 bits per heavy atom. The summed E-state index contributed by atoms with van der Waals surface area (Å²) < 4.78 is 74.3. The zero-order valence-electron chi connectivity index (χ0n) is 22.2. The first kappa shape index (κ1) is 31.6. The zero-order chi connectivity index (χ0) is 27.8. The predicted molar refractivity (Wildman–Crippen MR) is 144 cm³/mol. The lowest BCUT2D eigenvalue weighted by molar-refractivity contribution is -0.138. The molecule has 2 aromatic rings. The summed E-state index contributed by atoms with van der Waals surface area (Å²) in [5.41, 5.74) is 0.0853. The summed E-state index contributed by atoms with van der Waals surface area (Å²) in [6.45, 7) is 4.72. The molecule has 0 amide bonds. The Labute approximate surface area is 220 Å². The molecule has 0 aromatic heterocycles. The van der Waals surface area contributed by atoms with Gasteiger partial charge in [0.1, 0.15) is 0 Å². The number of rotatable bonds is 3. The molecular weight excluding hydrogens is 507 g/mol. The SMILES string of the molecule is C1CCCC1.CC1CCC([C@@H](C)N(C)C)C1P.FC(F)(F)c1ccc(-c2ccc(C(F)(F)F)cc2)cc1. The van der Waals surface area contributed by atoms with Crippen molar-refractivity contribution in [3.8, 4) is 11.1 Å². The monoisotopic (exact) mass is 547 g/mol. The predicted octanol–water partition coefficient (Wildman–Crippen LogP) is 9.57. The molecule has 2 aliphatic carbocycles.